The number of unbranched alkanes of at least 4 members (excludes halogenated alkanes) is 38. The highest BCUT2D eigenvalue weighted by atomic mass is 16.2. The van der Waals surface area contributed by atoms with Gasteiger partial charge in [0.2, 0.25) is 0 Å². The second kappa shape index (κ2) is 44.3. The molecule has 0 heterocycles. The van der Waals surface area contributed by atoms with Gasteiger partial charge >= 0.3 is 6.03 Å². The lowest BCUT2D eigenvalue weighted by Gasteiger charge is -2.08. The van der Waals surface area contributed by atoms with Gasteiger partial charge in [0.05, 0.1) is 0 Å². The predicted octanol–water partition coefficient (Wildman–Crippen LogP) is 15.9. The molecule has 3 nitrogen and oxygen atoms in total. The van der Waals surface area contributed by atoms with E-state index in [-0.39, 0.29) is 6.03 Å². The zero-order valence-corrected chi connectivity index (χ0v) is 33.6. The monoisotopic (exact) mass is 677 g/mol. The van der Waals surface area contributed by atoms with Crippen LogP contribution >= 0.6 is 0 Å². The van der Waals surface area contributed by atoms with Crippen LogP contribution in [0.2, 0.25) is 0 Å². The highest BCUT2D eigenvalue weighted by molar-refractivity contribution is 5.73. The number of carbonyl (C=O) groups excluding carboxylic acids is 1. The molecule has 0 aromatic heterocycles. The topological polar surface area (TPSA) is 41.1 Å². The SMILES string of the molecule is CCCCCCCCCCCCCCCCCCCCCCNC(=O)NCCCCCCCCCCCCCCCCCCCCCC. The molecule has 0 bridgehead atoms. The average Bonchev–Trinajstić information content (AvgIpc) is 3.09. The predicted molar refractivity (Wildman–Crippen MR) is 217 cm³/mol. The van der Waals surface area contributed by atoms with Gasteiger partial charge in [0, 0.05) is 13.1 Å². The van der Waals surface area contributed by atoms with Gasteiger partial charge in [0.15, 0.2) is 0 Å². The molecule has 0 aliphatic rings. The normalized spacial score (nSPS) is 11.4. The molecule has 0 saturated carbocycles. The van der Waals surface area contributed by atoms with E-state index in [9.17, 15) is 4.79 Å². The van der Waals surface area contributed by atoms with Crippen molar-refractivity contribution < 1.29 is 4.79 Å². The number of amides is 2. The number of nitrogens with one attached hydrogen (secondary N) is 2. The van der Waals surface area contributed by atoms with Gasteiger partial charge in [0.1, 0.15) is 0 Å². The quantitative estimate of drug-likeness (QED) is 0.0621. The number of hydrogen-bond acceptors (Lipinski definition) is 1. The van der Waals surface area contributed by atoms with Crippen LogP contribution in [0.5, 0.6) is 0 Å². The molecule has 2 N–H and O–H groups in total. The summed E-state index contributed by atoms with van der Waals surface area (Å²) in [6, 6.07) is 0.0330. The number of hydrogen-bond donors (Lipinski definition) is 2. The van der Waals surface area contributed by atoms with E-state index in [1.807, 2.05) is 0 Å². The van der Waals surface area contributed by atoms with Gasteiger partial charge in [0.25, 0.3) is 0 Å². The Bertz CT molecular complexity index is 531. The van der Waals surface area contributed by atoms with Gasteiger partial charge in [-0.25, -0.2) is 4.79 Å². The molecule has 0 saturated heterocycles. The zero-order chi connectivity index (χ0) is 34.7. The van der Waals surface area contributed by atoms with Gasteiger partial charge in [-0.05, 0) is 12.8 Å². The fraction of sp³-hybridized carbons (Fsp3) is 0.978. The van der Waals surface area contributed by atoms with E-state index in [0.717, 1.165) is 25.9 Å². The van der Waals surface area contributed by atoms with Crippen LogP contribution in [-0.2, 0) is 0 Å². The highest BCUT2D eigenvalue weighted by Gasteiger charge is 2.00. The third kappa shape index (κ3) is 43.3. The summed E-state index contributed by atoms with van der Waals surface area (Å²) in [6.45, 7) is 6.25. The number of rotatable bonds is 42. The summed E-state index contributed by atoms with van der Waals surface area (Å²) in [6.07, 6.45) is 56.3. The molecule has 3 heteroatoms. The molecule has 0 atom stereocenters. The lowest BCUT2D eigenvalue weighted by Crippen LogP contribution is -2.36. The molecule has 288 valence electrons. The standard InChI is InChI=1S/C45H92N2O/c1-3-5-7-9-11-13-15-17-19-21-23-25-27-29-31-33-35-37-39-41-43-46-45(48)47-44-42-40-38-36-34-32-30-28-26-24-22-20-18-16-14-12-10-8-6-4-2/h3-44H2,1-2H3,(H2,46,47,48). The van der Waals surface area contributed by atoms with E-state index in [4.69, 9.17) is 0 Å². The Morgan fingerprint density at radius 1 is 0.250 bits per heavy atom. The van der Waals surface area contributed by atoms with Crippen LogP contribution < -0.4 is 10.6 Å². The fourth-order valence-corrected chi connectivity index (χ4v) is 7.23. The molecule has 0 rings (SSSR count). The first-order valence-corrected chi connectivity index (χ1v) is 22.8. The maximum absolute atomic E-state index is 12.0. The van der Waals surface area contributed by atoms with E-state index in [1.54, 1.807) is 0 Å². The van der Waals surface area contributed by atoms with Crippen molar-refractivity contribution in [2.75, 3.05) is 13.1 Å². The molecule has 0 radical (unpaired) electrons. The lowest BCUT2D eigenvalue weighted by molar-refractivity contribution is 0.240. The van der Waals surface area contributed by atoms with Gasteiger partial charge in [-0.3, -0.25) is 0 Å². The maximum atomic E-state index is 12.0. The minimum absolute atomic E-state index is 0.0330. The van der Waals surface area contributed by atoms with E-state index >= 15 is 0 Å². The lowest BCUT2D eigenvalue weighted by atomic mass is 10.0. The smallest absolute Gasteiger partial charge is 0.314 e. The molecular formula is C45H92N2O. The van der Waals surface area contributed by atoms with Gasteiger partial charge in [-0.2, -0.15) is 0 Å². The summed E-state index contributed by atoms with van der Waals surface area (Å²) in [4.78, 5) is 12.0. The minimum Gasteiger partial charge on any atom is -0.338 e. The van der Waals surface area contributed by atoms with Crippen molar-refractivity contribution in [2.24, 2.45) is 0 Å². The Morgan fingerprint density at radius 2 is 0.396 bits per heavy atom. The van der Waals surface area contributed by atoms with E-state index in [0.29, 0.717) is 0 Å². The fourth-order valence-electron chi connectivity index (χ4n) is 7.23. The number of carbonyl (C=O) groups is 1. The summed E-state index contributed by atoms with van der Waals surface area (Å²) in [5.74, 6) is 0. The van der Waals surface area contributed by atoms with Crippen LogP contribution in [0.25, 0.3) is 0 Å². The van der Waals surface area contributed by atoms with Crippen molar-refractivity contribution in [3.8, 4) is 0 Å². The van der Waals surface area contributed by atoms with Crippen LogP contribution in [-0.4, -0.2) is 19.1 Å². The number of urea groups is 1. The van der Waals surface area contributed by atoms with Crippen molar-refractivity contribution in [3.05, 3.63) is 0 Å². The van der Waals surface area contributed by atoms with Crippen LogP contribution in [0, 0.1) is 0 Å². The van der Waals surface area contributed by atoms with Crippen LogP contribution in [0.1, 0.15) is 271 Å². The third-order valence-corrected chi connectivity index (χ3v) is 10.6. The third-order valence-electron chi connectivity index (χ3n) is 10.6. The van der Waals surface area contributed by atoms with E-state index < -0.39 is 0 Å². The summed E-state index contributed by atoms with van der Waals surface area (Å²) < 4.78 is 0. The Balaban J connectivity index is 3.14. The second-order valence-corrected chi connectivity index (χ2v) is 15.6. The molecular weight excluding hydrogens is 585 g/mol. The first-order chi connectivity index (χ1) is 23.8. The zero-order valence-electron chi connectivity index (χ0n) is 33.6. The summed E-state index contributed by atoms with van der Waals surface area (Å²) >= 11 is 0. The minimum atomic E-state index is 0.0330. The Kier molecular flexibility index (Phi) is 43.6. The van der Waals surface area contributed by atoms with Crippen LogP contribution in [0.3, 0.4) is 0 Å². The van der Waals surface area contributed by atoms with E-state index in [2.05, 4.69) is 24.5 Å². The Morgan fingerprint density at radius 3 is 0.562 bits per heavy atom. The van der Waals surface area contributed by atoms with Gasteiger partial charge < -0.3 is 10.6 Å². The van der Waals surface area contributed by atoms with Gasteiger partial charge in [-0.1, -0.05) is 258 Å². The summed E-state index contributed by atoms with van der Waals surface area (Å²) in [5, 5.41) is 6.11. The Labute approximate surface area is 304 Å². The van der Waals surface area contributed by atoms with Crippen molar-refractivity contribution in [1.82, 2.24) is 10.6 Å². The molecule has 48 heavy (non-hydrogen) atoms. The van der Waals surface area contributed by atoms with Crippen molar-refractivity contribution in [2.45, 2.75) is 271 Å². The van der Waals surface area contributed by atoms with Crippen LogP contribution in [0.15, 0.2) is 0 Å². The van der Waals surface area contributed by atoms with Crippen molar-refractivity contribution in [1.29, 1.82) is 0 Å². The summed E-state index contributed by atoms with van der Waals surface area (Å²) in [5.41, 5.74) is 0. The van der Waals surface area contributed by atoms with Crippen molar-refractivity contribution >= 4 is 6.03 Å². The molecule has 2 amide bonds. The maximum Gasteiger partial charge on any atom is 0.314 e. The molecule has 0 spiro atoms. The van der Waals surface area contributed by atoms with Gasteiger partial charge in [-0.15, -0.1) is 0 Å². The molecule has 0 aliphatic carbocycles. The molecule has 0 unspecified atom stereocenters. The van der Waals surface area contributed by atoms with E-state index in [1.165, 1.54) is 244 Å². The first kappa shape index (κ1) is 47.3. The summed E-state index contributed by atoms with van der Waals surface area (Å²) in [7, 11) is 0. The molecule has 0 fully saturated rings. The largest absolute Gasteiger partial charge is 0.338 e. The first-order valence-electron chi connectivity index (χ1n) is 22.8. The van der Waals surface area contributed by atoms with Crippen molar-refractivity contribution in [3.63, 3.8) is 0 Å². The average molecular weight is 677 g/mol. The molecule has 0 aromatic carbocycles. The molecule has 0 aromatic rings. The highest BCUT2D eigenvalue weighted by Crippen LogP contribution is 2.16. The Hall–Kier alpha value is -0.730. The molecule has 0 aliphatic heterocycles. The van der Waals surface area contributed by atoms with Crippen LogP contribution in [0.4, 0.5) is 4.79 Å². The second-order valence-electron chi connectivity index (χ2n) is 15.6.